The highest BCUT2D eigenvalue weighted by molar-refractivity contribution is 5.91. The number of hydrogen-bond donors (Lipinski definition) is 0. The van der Waals surface area contributed by atoms with Crippen molar-refractivity contribution >= 4 is 23.5 Å². The highest BCUT2D eigenvalue weighted by atomic mass is 16.5. The van der Waals surface area contributed by atoms with Crippen molar-refractivity contribution in [1.29, 1.82) is 0 Å². The van der Waals surface area contributed by atoms with Crippen molar-refractivity contribution in [3.05, 3.63) is 25.3 Å². The Kier molecular flexibility index (Phi) is 15.1. The first-order valence-corrected chi connectivity index (χ1v) is 13.0. The molecule has 0 amide bonds. The SMILES string of the molecule is C=CC(=O)CC(CCC(=O)OCCCCCCCC)CC(=O)O[C@@H]1CCC(C(=O)C=C)C(C)C1. The Morgan fingerprint density at radius 1 is 0.941 bits per heavy atom. The maximum atomic E-state index is 12.6. The van der Waals surface area contributed by atoms with E-state index in [4.69, 9.17) is 9.47 Å². The van der Waals surface area contributed by atoms with Gasteiger partial charge in [-0.3, -0.25) is 19.2 Å². The molecule has 0 spiro atoms. The summed E-state index contributed by atoms with van der Waals surface area (Å²) in [5.41, 5.74) is 0. The molecule has 0 N–H and O–H groups in total. The molecule has 0 bridgehead atoms. The van der Waals surface area contributed by atoms with Crippen LogP contribution in [0.15, 0.2) is 25.3 Å². The van der Waals surface area contributed by atoms with Crippen molar-refractivity contribution in [2.45, 2.75) is 103 Å². The Bertz CT molecular complexity index is 682. The topological polar surface area (TPSA) is 86.7 Å². The van der Waals surface area contributed by atoms with Gasteiger partial charge in [0, 0.05) is 25.2 Å². The van der Waals surface area contributed by atoms with Crippen LogP contribution in [0.4, 0.5) is 0 Å². The molecule has 0 saturated heterocycles. The normalized spacial score (nSPS) is 20.7. The van der Waals surface area contributed by atoms with Gasteiger partial charge in [-0.25, -0.2) is 0 Å². The van der Waals surface area contributed by atoms with Crippen molar-refractivity contribution in [3.8, 4) is 0 Å². The van der Waals surface area contributed by atoms with Crippen LogP contribution < -0.4 is 0 Å². The van der Waals surface area contributed by atoms with E-state index in [0.717, 1.165) is 19.3 Å². The summed E-state index contributed by atoms with van der Waals surface area (Å²) < 4.78 is 11.0. The minimum Gasteiger partial charge on any atom is -0.466 e. The largest absolute Gasteiger partial charge is 0.466 e. The highest BCUT2D eigenvalue weighted by Crippen LogP contribution is 2.33. The van der Waals surface area contributed by atoms with E-state index in [1.807, 2.05) is 6.92 Å². The number of ketones is 2. The molecule has 1 fully saturated rings. The fraction of sp³-hybridized carbons (Fsp3) is 0.714. The van der Waals surface area contributed by atoms with Crippen LogP contribution in [0, 0.1) is 17.8 Å². The Labute approximate surface area is 205 Å². The average molecular weight is 477 g/mol. The van der Waals surface area contributed by atoms with Gasteiger partial charge >= 0.3 is 11.9 Å². The summed E-state index contributed by atoms with van der Waals surface area (Å²) in [6.07, 6.45) is 11.9. The lowest BCUT2D eigenvalue weighted by Crippen LogP contribution is -2.33. The van der Waals surface area contributed by atoms with Crippen LogP contribution >= 0.6 is 0 Å². The van der Waals surface area contributed by atoms with Gasteiger partial charge in [0.05, 0.1) is 6.61 Å². The van der Waals surface area contributed by atoms with Crippen LogP contribution in [0.3, 0.4) is 0 Å². The summed E-state index contributed by atoms with van der Waals surface area (Å²) in [5, 5.41) is 0. The van der Waals surface area contributed by atoms with Gasteiger partial charge in [0.2, 0.25) is 0 Å². The van der Waals surface area contributed by atoms with Gasteiger partial charge < -0.3 is 9.47 Å². The molecule has 1 saturated carbocycles. The zero-order valence-corrected chi connectivity index (χ0v) is 21.2. The minimum atomic E-state index is -0.368. The van der Waals surface area contributed by atoms with Gasteiger partial charge in [0.15, 0.2) is 11.6 Å². The number of rotatable bonds is 18. The van der Waals surface area contributed by atoms with Crippen molar-refractivity contribution in [3.63, 3.8) is 0 Å². The van der Waals surface area contributed by atoms with Crippen molar-refractivity contribution in [2.75, 3.05) is 6.61 Å². The maximum absolute atomic E-state index is 12.6. The molecule has 0 aromatic rings. The second-order valence-corrected chi connectivity index (χ2v) is 9.59. The summed E-state index contributed by atoms with van der Waals surface area (Å²) in [4.78, 5) is 48.5. The Morgan fingerprint density at radius 2 is 1.65 bits per heavy atom. The molecule has 6 nitrogen and oxygen atoms in total. The number of unbranched alkanes of at least 4 members (excludes halogenated alkanes) is 5. The van der Waals surface area contributed by atoms with E-state index in [1.54, 1.807) is 0 Å². The molecule has 3 unspecified atom stereocenters. The summed E-state index contributed by atoms with van der Waals surface area (Å²) in [5.74, 6) is -1.01. The Hall–Kier alpha value is -2.24. The molecule has 6 heteroatoms. The summed E-state index contributed by atoms with van der Waals surface area (Å²) in [7, 11) is 0. The fourth-order valence-electron chi connectivity index (χ4n) is 4.60. The summed E-state index contributed by atoms with van der Waals surface area (Å²) in [6, 6.07) is 0. The molecule has 0 radical (unpaired) electrons. The summed E-state index contributed by atoms with van der Waals surface area (Å²) >= 11 is 0. The van der Waals surface area contributed by atoms with Crippen LogP contribution in [0.2, 0.25) is 0 Å². The molecular formula is C28H44O6. The molecule has 0 heterocycles. The van der Waals surface area contributed by atoms with Crippen molar-refractivity contribution in [1.82, 2.24) is 0 Å². The minimum absolute atomic E-state index is 0.0451. The molecule has 4 atom stereocenters. The molecule has 34 heavy (non-hydrogen) atoms. The smallest absolute Gasteiger partial charge is 0.306 e. The van der Waals surface area contributed by atoms with E-state index in [2.05, 4.69) is 20.1 Å². The van der Waals surface area contributed by atoms with Gasteiger partial charge in [0.25, 0.3) is 0 Å². The zero-order chi connectivity index (χ0) is 25.3. The van der Waals surface area contributed by atoms with Crippen molar-refractivity contribution < 1.29 is 28.7 Å². The molecule has 192 valence electrons. The van der Waals surface area contributed by atoms with Crippen molar-refractivity contribution in [2.24, 2.45) is 17.8 Å². The number of hydrogen-bond acceptors (Lipinski definition) is 6. The number of esters is 2. The first-order valence-electron chi connectivity index (χ1n) is 13.0. The summed E-state index contributed by atoms with van der Waals surface area (Å²) in [6.45, 7) is 11.7. The van der Waals surface area contributed by atoms with Crippen LogP contribution in [-0.4, -0.2) is 36.2 Å². The number of ether oxygens (including phenoxy) is 2. The lowest BCUT2D eigenvalue weighted by atomic mass is 9.76. The van der Waals surface area contributed by atoms with Crippen LogP contribution in [0.1, 0.15) is 97.3 Å². The fourth-order valence-corrected chi connectivity index (χ4v) is 4.60. The van der Waals surface area contributed by atoms with E-state index >= 15 is 0 Å². The van der Waals surface area contributed by atoms with E-state index < -0.39 is 0 Å². The predicted octanol–water partition coefficient (Wildman–Crippen LogP) is 5.92. The van der Waals surface area contributed by atoms with E-state index in [9.17, 15) is 19.2 Å². The predicted molar refractivity (Wildman–Crippen MR) is 133 cm³/mol. The first-order chi connectivity index (χ1) is 16.3. The van der Waals surface area contributed by atoms with Gasteiger partial charge in [-0.15, -0.1) is 0 Å². The maximum Gasteiger partial charge on any atom is 0.306 e. The van der Waals surface area contributed by atoms with Gasteiger partial charge in [-0.05, 0) is 56.1 Å². The number of carbonyl (C=O) groups excluding carboxylic acids is 4. The Morgan fingerprint density at radius 3 is 2.29 bits per heavy atom. The number of carbonyl (C=O) groups is 4. The van der Waals surface area contributed by atoms with E-state index in [-0.39, 0.29) is 66.6 Å². The lowest BCUT2D eigenvalue weighted by molar-refractivity contribution is -0.154. The third kappa shape index (κ3) is 12.3. The van der Waals surface area contributed by atoms with Crippen LogP contribution in [-0.2, 0) is 28.7 Å². The third-order valence-electron chi connectivity index (χ3n) is 6.68. The van der Waals surface area contributed by atoms with Gasteiger partial charge in [0.1, 0.15) is 6.10 Å². The van der Waals surface area contributed by atoms with Gasteiger partial charge in [-0.2, -0.15) is 0 Å². The molecule has 0 aromatic carbocycles. The highest BCUT2D eigenvalue weighted by Gasteiger charge is 2.33. The standard InChI is InChI=1S/C28H44O6/c1-5-8-9-10-11-12-17-33-27(31)16-13-22(19-23(29)6-2)20-28(32)34-24-14-15-25(21(4)18-24)26(30)7-3/h6-7,21-22,24-25H,2-3,5,8-20H2,1,4H3/t21?,22?,24-,25?/m1/s1. The molecule has 1 rings (SSSR count). The quantitative estimate of drug-likeness (QED) is 0.139. The average Bonchev–Trinajstić information content (AvgIpc) is 2.81. The molecule has 0 aliphatic heterocycles. The third-order valence-corrected chi connectivity index (χ3v) is 6.68. The Balaban J connectivity index is 2.42. The molecule has 1 aliphatic carbocycles. The van der Waals surface area contributed by atoms with E-state index in [1.165, 1.54) is 31.4 Å². The molecular weight excluding hydrogens is 432 g/mol. The number of allylic oxidation sites excluding steroid dienone is 2. The lowest BCUT2D eigenvalue weighted by Gasteiger charge is -2.32. The zero-order valence-electron chi connectivity index (χ0n) is 21.2. The van der Waals surface area contributed by atoms with Gasteiger partial charge in [-0.1, -0.05) is 59.1 Å². The first kappa shape index (κ1) is 29.8. The van der Waals surface area contributed by atoms with E-state index in [0.29, 0.717) is 32.3 Å². The second kappa shape index (κ2) is 17.2. The van der Waals surface area contributed by atoms with Crippen LogP contribution in [0.5, 0.6) is 0 Å². The van der Waals surface area contributed by atoms with Crippen LogP contribution in [0.25, 0.3) is 0 Å². The molecule has 1 aliphatic rings. The second-order valence-electron chi connectivity index (χ2n) is 9.59. The monoisotopic (exact) mass is 476 g/mol. The molecule has 0 aromatic heterocycles.